The predicted octanol–water partition coefficient (Wildman–Crippen LogP) is 3.34. The molecule has 25 heavy (non-hydrogen) atoms. The minimum absolute atomic E-state index is 0.237. The minimum Gasteiger partial charge on any atom is -0.493 e. The average Bonchev–Trinajstić information content (AvgIpc) is 2.68. The van der Waals surface area contributed by atoms with Crippen molar-refractivity contribution in [3.8, 4) is 11.5 Å². The molecule has 1 aromatic carbocycles. The maximum Gasteiger partial charge on any atom is 0.256 e. The fourth-order valence-corrected chi connectivity index (χ4v) is 2.97. The highest BCUT2D eigenvalue weighted by Crippen LogP contribution is 2.28. The number of amides is 1. The number of pyridine rings is 1. The second kappa shape index (κ2) is 7.88. The average molecular weight is 341 g/mol. The highest BCUT2D eigenvalue weighted by atomic mass is 16.5. The monoisotopic (exact) mass is 341 g/mol. The quantitative estimate of drug-likeness (QED) is 0.904. The molecule has 1 aromatic heterocycles. The predicted molar refractivity (Wildman–Crippen MR) is 97.8 cm³/mol. The van der Waals surface area contributed by atoms with Gasteiger partial charge in [0.1, 0.15) is 5.82 Å². The first-order valence-electron chi connectivity index (χ1n) is 8.45. The van der Waals surface area contributed by atoms with Gasteiger partial charge in [-0.2, -0.15) is 0 Å². The van der Waals surface area contributed by atoms with E-state index in [0.29, 0.717) is 22.9 Å². The largest absolute Gasteiger partial charge is 0.493 e. The van der Waals surface area contributed by atoms with Gasteiger partial charge in [-0.25, -0.2) is 4.98 Å². The molecule has 0 aliphatic carbocycles. The lowest BCUT2D eigenvalue weighted by Gasteiger charge is -2.28. The van der Waals surface area contributed by atoms with Gasteiger partial charge in [0.25, 0.3) is 5.91 Å². The van der Waals surface area contributed by atoms with Crippen LogP contribution in [0.4, 0.5) is 11.5 Å². The van der Waals surface area contributed by atoms with Gasteiger partial charge in [0, 0.05) is 18.7 Å². The number of benzene rings is 1. The molecule has 1 saturated heterocycles. The van der Waals surface area contributed by atoms with Gasteiger partial charge in [-0.1, -0.05) is 0 Å². The van der Waals surface area contributed by atoms with Crippen molar-refractivity contribution in [3.05, 3.63) is 42.1 Å². The molecule has 1 fully saturated rings. The number of hydrogen-bond acceptors (Lipinski definition) is 5. The zero-order valence-electron chi connectivity index (χ0n) is 14.6. The van der Waals surface area contributed by atoms with Crippen LogP contribution in [0.15, 0.2) is 36.5 Å². The van der Waals surface area contributed by atoms with Crippen LogP contribution >= 0.6 is 0 Å². The molecule has 2 heterocycles. The van der Waals surface area contributed by atoms with Gasteiger partial charge in [-0.15, -0.1) is 0 Å². The molecule has 0 spiro atoms. The lowest BCUT2D eigenvalue weighted by molar-refractivity contribution is 0.102. The van der Waals surface area contributed by atoms with Crippen molar-refractivity contribution < 1.29 is 14.3 Å². The molecule has 0 saturated carbocycles. The van der Waals surface area contributed by atoms with E-state index < -0.39 is 0 Å². The molecule has 132 valence electrons. The Hall–Kier alpha value is -2.76. The molecule has 0 unspecified atom stereocenters. The summed E-state index contributed by atoms with van der Waals surface area (Å²) in [6.07, 6.45) is 5.55. The molecular weight excluding hydrogens is 318 g/mol. The summed E-state index contributed by atoms with van der Waals surface area (Å²) in [6.45, 7) is 2.14. The fraction of sp³-hybridized carbons (Fsp3) is 0.368. The van der Waals surface area contributed by atoms with Crippen molar-refractivity contribution >= 4 is 17.4 Å². The standard InChI is InChI=1S/C19H23N3O3/c1-24-16-8-6-14(12-17(16)25-2)19(23)21-18-9-7-15(13-20-18)22-10-4-3-5-11-22/h6-9,12-13H,3-5,10-11H2,1-2H3,(H,20,21,23). The number of methoxy groups -OCH3 is 2. The Morgan fingerprint density at radius 2 is 1.80 bits per heavy atom. The molecule has 2 aromatic rings. The van der Waals surface area contributed by atoms with Gasteiger partial charge in [-0.3, -0.25) is 4.79 Å². The molecule has 0 bridgehead atoms. The molecule has 1 amide bonds. The Labute approximate surface area is 147 Å². The molecule has 0 radical (unpaired) electrons. The molecule has 1 N–H and O–H groups in total. The van der Waals surface area contributed by atoms with Gasteiger partial charge in [-0.05, 0) is 49.6 Å². The zero-order valence-corrected chi connectivity index (χ0v) is 14.6. The molecule has 6 heteroatoms. The number of hydrogen-bond donors (Lipinski definition) is 1. The number of aromatic nitrogens is 1. The summed E-state index contributed by atoms with van der Waals surface area (Å²) in [5.74, 6) is 1.39. The van der Waals surface area contributed by atoms with E-state index in [1.165, 1.54) is 19.3 Å². The van der Waals surface area contributed by atoms with Crippen LogP contribution in [-0.2, 0) is 0 Å². The van der Waals surface area contributed by atoms with E-state index in [-0.39, 0.29) is 5.91 Å². The van der Waals surface area contributed by atoms with Gasteiger partial charge in [0.05, 0.1) is 26.1 Å². The second-order valence-corrected chi connectivity index (χ2v) is 5.97. The topological polar surface area (TPSA) is 63.7 Å². The van der Waals surface area contributed by atoms with Gasteiger partial charge in [0.2, 0.25) is 0 Å². The third-order valence-corrected chi connectivity index (χ3v) is 4.36. The zero-order chi connectivity index (χ0) is 17.6. The Morgan fingerprint density at radius 1 is 1.04 bits per heavy atom. The maximum atomic E-state index is 12.4. The van der Waals surface area contributed by atoms with E-state index in [4.69, 9.17) is 9.47 Å². The Kier molecular flexibility index (Phi) is 5.38. The number of piperidine rings is 1. The Bertz CT molecular complexity index is 725. The highest BCUT2D eigenvalue weighted by Gasteiger charge is 2.13. The molecule has 3 rings (SSSR count). The second-order valence-electron chi connectivity index (χ2n) is 5.97. The summed E-state index contributed by atoms with van der Waals surface area (Å²) in [5, 5.41) is 2.81. The number of carbonyl (C=O) groups is 1. The summed E-state index contributed by atoms with van der Waals surface area (Å²) in [5.41, 5.74) is 1.59. The van der Waals surface area contributed by atoms with Gasteiger partial charge < -0.3 is 19.7 Å². The van der Waals surface area contributed by atoms with E-state index in [1.54, 1.807) is 32.4 Å². The highest BCUT2D eigenvalue weighted by molar-refractivity contribution is 6.04. The summed E-state index contributed by atoms with van der Waals surface area (Å²) in [4.78, 5) is 19.1. The van der Waals surface area contributed by atoms with E-state index >= 15 is 0 Å². The number of nitrogens with zero attached hydrogens (tertiary/aromatic N) is 2. The molecule has 1 aliphatic heterocycles. The molecule has 6 nitrogen and oxygen atoms in total. The third kappa shape index (κ3) is 4.02. The first-order chi connectivity index (χ1) is 12.2. The van der Waals surface area contributed by atoms with E-state index in [1.807, 2.05) is 18.3 Å². The summed E-state index contributed by atoms with van der Waals surface area (Å²) >= 11 is 0. The first-order valence-corrected chi connectivity index (χ1v) is 8.45. The number of rotatable bonds is 5. The van der Waals surface area contributed by atoms with Crippen LogP contribution in [0, 0.1) is 0 Å². The molecule has 1 aliphatic rings. The van der Waals surface area contributed by atoms with Gasteiger partial charge >= 0.3 is 0 Å². The van der Waals surface area contributed by atoms with Crippen molar-refractivity contribution in [1.82, 2.24) is 4.98 Å². The van der Waals surface area contributed by atoms with Crippen molar-refractivity contribution in [3.63, 3.8) is 0 Å². The van der Waals surface area contributed by atoms with Crippen LogP contribution in [-0.4, -0.2) is 38.2 Å². The van der Waals surface area contributed by atoms with Crippen LogP contribution in [0.5, 0.6) is 11.5 Å². The number of anilines is 2. The van der Waals surface area contributed by atoms with Crippen LogP contribution in [0.3, 0.4) is 0 Å². The maximum absolute atomic E-state index is 12.4. The van der Waals surface area contributed by atoms with E-state index in [9.17, 15) is 4.79 Å². The van der Waals surface area contributed by atoms with Crippen molar-refractivity contribution in [2.75, 3.05) is 37.5 Å². The van der Waals surface area contributed by atoms with Crippen LogP contribution in [0.2, 0.25) is 0 Å². The molecular formula is C19H23N3O3. The van der Waals surface area contributed by atoms with Crippen LogP contribution in [0.1, 0.15) is 29.6 Å². The number of ether oxygens (including phenoxy) is 2. The third-order valence-electron chi connectivity index (χ3n) is 4.36. The SMILES string of the molecule is COc1ccc(C(=O)Nc2ccc(N3CCCCC3)cn2)cc1OC. The van der Waals surface area contributed by atoms with Crippen molar-refractivity contribution in [2.45, 2.75) is 19.3 Å². The Morgan fingerprint density at radius 3 is 2.44 bits per heavy atom. The normalized spacial score (nSPS) is 14.1. The van der Waals surface area contributed by atoms with E-state index in [2.05, 4.69) is 15.2 Å². The number of carbonyl (C=O) groups excluding carboxylic acids is 1. The summed E-state index contributed by atoms with van der Waals surface area (Å²) < 4.78 is 10.4. The number of nitrogens with one attached hydrogen (secondary N) is 1. The van der Waals surface area contributed by atoms with Crippen molar-refractivity contribution in [2.24, 2.45) is 0 Å². The minimum atomic E-state index is -0.237. The lowest BCUT2D eigenvalue weighted by atomic mass is 10.1. The van der Waals surface area contributed by atoms with Crippen LogP contribution in [0.25, 0.3) is 0 Å². The summed E-state index contributed by atoms with van der Waals surface area (Å²) in [6, 6.07) is 8.89. The lowest BCUT2D eigenvalue weighted by Crippen LogP contribution is -2.29. The fourth-order valence-electron chi connectivity index (χ4n) is 2.97. The first kappa shape index (κ1) is 17.1. The smallest absolute Gasteiger partial charge is 0.256 e. The Balaban J connectivity index is 1.68. The van der Waals surface area contributed by atoms with Gasteiger partial charge in [0.15, 0.2) is 11.5 Å². The summed E-state index contributed by atoms with van der Waals surface area (Å²) in [7, 11) is 3.10. The van der Waals surface area contributed by atoms with E-state index in [0.717, 1.165) is 18.8 Å². The molecule has 0 atom stereocenters. The van der Waals surface area contributed by atoms with Crippen LogP contribution < -0.4 is 19.7 Å². The van der Waals surface area contributed by atoms with Crippen molar-refractivity contribution in [1.29, 1.82) is 0 Å².